The summed E-state index contributed by atoms with van der Waals surface area (Å²) in [6, 6.07) is 1.44. The predicted octanol–water partition coefficient (Wildman–Crippen LogP) is 3.42. The van der Waals surface area contributed by atoms with Gasteiger partial charge in [-0.15, -0.1) is 0 Å². The van der Waals surface area contributed by atoms with Crippen molar-refractivity contribution in [3.05, 3.63) is 29.3 Å². The summed E-state index contributed by atoms with van der Waals surface area (Å²) in [6.07, 6.45) is -0.406. The molecule has 0 radical (unpaired) electrons. The lowest BCUT2D eigenvalue weighted by atomic mass is 9.89. The molecular weight excluding hydrogens is 294 g/mol. The van der Waals surface area contributed by atoms with Gasteiger partial charge in [0.2, 0.25) is 0 Å². The number of hydrogen-bond acceptors (Lipinski definition) is 2. The van der Waals surface area contributed by atoms with Gasteiger partial charge in [0.1, 0.15) is 5.75 Å². The minimum absolute atomic E-state index is 0.138. The number of likely N-dealkylation sites (tertiary alicyclic amines) is 1. The first-order valence-corrected chi connectivity index (χ1v) is 6.30. The Labute approximate surface area is 117 Å². The van der Waals surface area contributed by atoms with Gasteiger partial charge in [-0.3, -0.25) is 0 Å². The van der Waals surface area contributed by atoms with E-state index in [-0.39, 0.29) is 24.6 Å². The maximum atomic E-state index is 13.3. The van der Waals surface area contributed by atoms with Gasteiger partial charge in [0, 0.05) is 24.7 Å². The molecule has 8 heteroatoms. The number of halogens is 4. The average molecular weight is 307 g/mol. The van der Waals surface area contributed by atoms with Gasteiger partial charge >= 0.3 is 12.7 Å². The van der Waals surface area contributed by atoms with E-state index in [1.165, 1.54) is 4.90 Å². The fourth-order valence-electron chi connectivity index (χ4n) is 2.44. The molecule has 0 bridgehead atoms. The van der Waals surface area contributed by atoms with Gasteiger partial charge in [0.25, 0.3) is 0 Å². The second kappa shape index (κ2) is 6.19. The minimum Gasteiger partial charge on any atom is -0.465 e. The molecule has 1 fully saturated rings. The van der Waals surface area contributed by atoms with Crippen molar-refractivity contribution in [2.75, 3.05) is 13.1 Å². The number of nitrogens with zero attached hydrogens (tertiary/aromatic N) is 1. The SMILES string of the molecule is O=C(O)N1CCC(c2cc(F)c(F)cc2OC(F)F)CC1. The van der Waals surface area contributed by atoms with Crippen LogP contribution in [0.3, 0.4) is 0 Å². The van der Waals surface area contributed by atoms with Gasteiger partial charge in [0.05, 0.1) is 0 Å². The molecule has 1 aliphatic rings. The highest BCUT2D eigenvalue weighted by atomic mass is 19.3. The van der Waals surface area contributed by atoms with E-state index in [4.69, 9.17) is 5.11 Å². The molecule has 1 aromatic carbocycles. The Bertz CT molecular complexity index is 530. The van der Waals surface area contributed by atoms with Crippen LogP contribution in [0.25, 0.3) is 0 Å². The molecule has 1 amide bonds. The summed E-state index contributed by atoms with van der Waals surface area (Å²) in [6.45, 7) is -2.74. The first-order chi connectivity index (χ1) is 9.88. The number of piperidine rings is 1. The van der Waals surface area contributed by atoms with Crippen LogP contribution in [0.1, 0.15) is 24.3 Å². The third-order valence-corrected chi connectivity index (χ3v) is 3.47. The van der Waals surface area contributed by atoms with Gasteiger partial charge in [-0.05, 0) is 24.8 Å². The average Bonchev–Trinajstić information content (AvgIpc) is 2.42. The minimum atomic E-state index is -3.15. The number of benzene rings is 1. The number of amides is 1. The van der Waals surface area contributed by atoms with Crippen LogP contribution in [-0.4, -0.2) is 35.8 Å². The van der Waals surface area contributed by atoms with Crippen molar-refractivity contribution in [1.29, 1.82) is 0 Å². The maximum absolute atomic E-state index is 13.3. The molecule has 1 saturated heterocycles. The molecule has 0 spiro atoms. The van der Waals surface area contributed by atoms with Gasteiger partial charge in [0.15, 0.2) is 11.6 Å². The van der Waals surface area contributed by atoms with Crippen molar-refractivity contribution in [2.45, 2.75) is 25.4 Å². The highest BCUT2D eigenvalue weighted by Gasteiger charge is 2.27. The third-order valence-electron chi connectivity index (χ3n) is 3.47. The fourth-order valence-corrected chi connectivity index (χ4v) is 2.44. The standard InChI is InChI=1S/C13H13F4NO3/c14-9-5-8(11(6-10(9)15)21-12(16)17)7-1-3-18(4-2-7)13(19)20/h5-7,12H,1-4H2,(H,19,20). The van der Waals surface area contributed by atoms with Gasteiger partial charge in [-0.25, -0.2) is 13.6 Å². The summed E-state index contributed by atoms with van der Waals surface area (Å²) < 4.78 is 55.4. The van der Waals surface area contributed by atoms with Crippen molar-refractivity contribution >= 4 is 6.09 Å². The molecule has 0 aliphatic carbocycles. The van der Waals surface area contributed by atoms with Crippen LogP contribution in [-0.2, 0) is 0 Å². The largest absolute Gasteiger partial charge is 0.465 e. The van der Waals surface area contributed by atoms with Crippen LogP contribution < -0.4 is 4.74 Å². The Kier molecular flexibility index (Phi) is 4.54. The van der Waals surface area contributed by atoms with Crippen LogP contribution in [0.4, 0.5) is 22.4 Å². The number of hydrogen-bond donors (Lipinski definition) is 1. The van der Waals surface area contributed by atoms with Crippen LogP contribution in [0.15, 0.2) is 12.1 Å². The van der Waals surface area contributed by atoms with Crippen molar-refractivity contribution in [1.82, 2.24) is 4.90 Å². The molecule has 1 aliphatic heterocycles. The zero-order valence-corrected chi connectivity index (χ0v) is 10.9. The van der Waals surface area contributed by atoms with E-state index in [0.29, 0.717) is 18.9 Å². The lowest BCUT2D eigenvalue weighted by Gasteiger charge is -2.31. The molecular formula is C13H13F4NO3. The first kappa shape index (κ1) is 15.4. The molecule has 0 saturated carbocycles. The highest BCUT2D eigenvalue weighted by molar-refractivity contribution is 5.65. The highest BCUT2D eigenvalue weighted by Crippen LogP contribution is 2.36. The zero-order valence-electron chi connectivity index (χ0n) is 10.9. The molecule has 1 aromatic rings. The molecule has 2 rings (SSSR count). The topological polar surface area (TPSA) is 49.8 Å². The van der Waals surface area contributed by atoms with Crippen LogP contribution in [0, 0.1) is 11.6 Å². The summed E-state index contributed by atoms with van der Waals surface area (Å²) in [5, 5.41) is 8.84. The maximum Gasteiger partial charge on any atom is 0.407 e. The van der Waals surface area contributed by atoms with Gasteiger partial charge in [-0.1, -0.05) is 0 Å². The Morgan fingerprint density at radius 1 is 1.24 bits per heavy atom. The lowest BCUT2D eigenvalue weighted by molar-refractivity contribution is -0.0509. The van der Waals surface area contributed by atoms with Crippen LogP contribution in [0.2, 0.25) is 0 Å². The Balaban J connectivity index is 2.22. The van der Waals surface area contributed by atoms with E-state index in [0.717, 1.165) is 6.07 Å². The monoisotopic (exact) mass is 307 g/mol. The molecule has 0 unspecified atom stereocenters. The smallest absolute Gasteiger partial charge is 0.407 e. The second-order valence-electron chi connectivity index (χ2n) is 4.73. The number of ether oxygens (including phenoxy) is 1. The number of rotatable bonds is 3. The molecule has 116 valence electrons. The van der Waals surface area contributed by atoms with Gasteiger partial charge in [-0.2, -0.15) is 8.78 Å². The Hall–Kier alpha value is -1.99. The van der Waals surface area contributed by atoms with E-state index in [1.807, 2.05) is 0 Å². The third kappa shape index (κ3) is 3.56. The van der Waals surface area contributed by atoms with Crippen LogP contribution >= 0.6 is 0 Å². The lowest BCUT2D eigenvalue weighted by Crippen LogP contribution is -2.36. The number of carboxylic acid groups (broad SMARTS) is 1. The molecule has 1 heterocycles. The Morgan fingerprint density at radius 3 is 2.33 bits per heavy atom. The first-order valence-electron chi connectivity index (χ1n) is 6.30. The van der Waals surface area contributed by atoms with Crippen LogP contribution in [0.5, 0.6) is 5.75 Å². The Morgan fingerprint density at radius 2 is 1.81 bits per heavy atom. The van der Waals surface area contributed by atoms with Gasteiger partial charge < -0.3 is 14.7 Å². The summed E-state index contributed by atoms with van der Waals surface area (Å²) in [5.41, 5.74) is 0.138. The fraction of sp³-hybridized carbons (Fsp3) is 0.462. The van der Waals surface area contributed by atoms with Crippen molar-refractivity contribution < 1.29 is 32.2 Å². The van der Waals surface area contributed by atoms with E-state index in [9.17, 15) is 22.4 Å². The zero-order chi connectivity index (χ0) is 15.6. The summed E-state index contributed by atoms with van der Waals surface area (Å²) in [7, 11) is 0. The summed E-state index contributed by atoms with van der Waals surface area (Å²) in [4.78, 5) is 12.0. The molecule has 1 N–H and O–H groups in total. The number of alkyl halides is 2. The van der Waals surface area contributed by atoms with E-state index >= 15 is 0 Å². The summed E-state index contributed by atoms with van der Waals surface area (Å²) >= 11 is 0. The molecule has 0 atom stereocenters. The van der Waals surface area contributed by atoms with E-state index < -0.39 is 30.1 Å². The van der Waals surface area contributed by atoms with Crippen molar-refractivity contribution in [2.24, 2.45) is 0 Å². The quantitative estimate of drug-likeness (QED) is 0.871. The van der Waals surface area contributed by atoms with E-state index in [2.05, 4.69) is 4.74 Å². The molecule has 4 nitrogen and oxygen atoms in total. The van der Waals surface area contributed by atoms with E-state index in [1.54, 1.807) is 0 Å². The molecule has 21 heavy (non-hydrogen) atoms. The normalized spacial score (nSPS) is 16.3. The summed E-state index contributed by atoms with van der Waals surface area (Å²) in [5.74, 6) is -3.17. The molecule has 0 aromatic heterocycles. The predicted molar refractivity (Wildman–Crippen MR) is 64.6 cm³/mol. The second-order valence-corrected chi connectivity index (χ2v) is 4.73. The van der Waals surface area contributed by atoms with Crippen molar-refractivity contribution in [3.8, 4) is 5.75 Å². The number of carbonyl (C=O) groups is 1. The van der Waals surface area contributed by atoms with Crippen molar-refractivity contribution in [3.63, 3.8) is 0 Å².